The molecule has 0 aromatic rings. The quantitative estimate of drug-likeness (QED) is 0.487. The molecule has 0 amide bonds. The van der Waals surface area contributed by atoms with E-state index in [4.69, 9.17) is 10.2 Å². The molecule has 0 aromatic heterocycles. The van der Waals surface area contributed by atoms with Crippen LogP contribution in [0.2, 0.25) is 0 Å². The van der Waals surface area contributed by atoms with Crippen LogP contribution in [0.1, 0.15) is 94.9 Å². The van der Waals surface area contributed by atoms with Crippen molar-refractivity contribution in [2.24, 2.45) is 10.8 Å². The van der Waals surface area contributed by atoms with Gasteiger partial charge in [-0.2, -0.15) is 0 Å². The van der Waals surface area contributed by atoms with Crippen molar-refractivity contribution in [3.8, 4) is 0 Å². The van der Waals surface area contributed by atoms with Crippen LogP contribution >= 0.6 is 0 Å². The van der Waals surface area contributed by atoms with Gasteiger partial charge < -0.3 is 30.0 Å². The van der Waals surface area contributed by atoms with Crippen LogP contribution in [0.25, 0.3) is 0 Å². The third-order valence-corrected chi connectivity index (χ3v) is 2.14. The molecule has 8 nitrogen and oxygen atoms in total. The molecule has 0 bridgehead atoms. The first-order valence-electron chi connectivity index (χ1n) is 9.88. The summed E-state index contributed by atoms with van der Waals surface area (Å²) in [5, 5.41) is 36.0. The SMILES string of the molecule is CC(C)(C)CC(=O)CC(=O)[O-].CC(C)(C)CC(=O)CC(=O)[O-].CC(C)O.CC(C)O.[Zr+2]. The van der Waals surface area contributed by atoms with Gasteiger partial charge >= 0.3 is 26.2 Å². The minimum Gasteiger partial charge on any atom is -0.550 e. The second-order valence-corrected chi connectivity index (χ2v) is 9.84. The van der Waals surface area contributed by atoms with Crippen LogP contribution in [-0.2, 0) is 45.4 Å². The number of aliphatic hydroxyl groups excluding tert-OH is 2. The first kappa shape index (κ1) is 40.4. The predicted molar refractivity (Wildman–Crippen MR) is 112 cm³/mol. The molecule has 0 aromatic carbocycles. The number of carboxylic acid groups (broad SMARTS) is 2. The molecule has 9 heteroatoms. The van der Waals surface area contributed by atoms with Gasteiger partial charge in [0.05, 0.1) is 0 Å². The van der Waals surface area contributed by atoms with Gasteiger partial charge in [0, 0.05) is 49.8 Å². The summed E-state index contributed by atoms with van der Waals surface area (Å²) < 4.78 is 0. The molecule has 0 spiro atoms. The standard InChI is InChI=1S/2C8H14O3.2C3H8O.Zr/c2*1-8(2,3)5-6(9)4-7(10)11;2*1-3(2)4;/h2*4-5H2,1-3H3,(H,10,11);2*3-4H,1-2H3;/q;;;;+2/p-2. The maximum absolute atomic E-state index is 10.8. The average molecular weight is 526 g/mol. The summed E-state index contributed by atoms with van der Waals surface area (Å²) in [5.74, 6) is -3.12. The summed E-state index contributed by atoms with van der Waals surface area (Å²) >= 11 is 0. The van der Waals surface area contributed by atoms with Gasteiger partial charge in [-0.15, -0.1) is 0 Å². The van der Waals surface area contributed by atoms with Crippen molar-refractivity contribution < 1.29 is 65.8 Å². The van der Waals surface area contributed by atoms with Gasteiger partial charge in [0.2, 0.25) is 0 Å². The summed E-state index contributed by atoms with van der Waals surface area (Å²) in [5.41, 5.74) is -0.265. The molecule has 0 atom stereocenters. The van der Waals surface area contributed by atoms with Crippen molar-refractivity contribution in [3.05, 3.63) is 0 Å². The van der Waals surface area contributed by atoms with Crippen LogP contribution in [0, 0.1) is 10.8 Å². The Morgan fingerprint density at radius 1 is 0.645 bits per heavy atom. The molecule has 0 rings (SSSR count). The smallest absolute Gasteiger partial charge is 0.550 e. The summed E-state index contributed by atoms with van der Waals surface area (Å²) in [6, 6.07) is 0. The van der Waals surface area contributed by atoms with Gasteiger partial charge in [0.15, 0.2) is 0 Å². The largest absolute Gasteiger partial charge is 2.00 e. The van der Waals surface area contributed by atoms with E-state index in [0.29, 0.717) is 12.8 Å². The van der Waals surface area contributed by atoms with Crippen molar-refractivity contribution in [2.45, 2.75) is 107 Å². The zero-order valence-electron chi connectivity index (χ0n) is 20.8. The van der Waals surface area contributed by atoms with E-state index >= 15 is 0 Å². The average Bonchev–Trinajstić information content (AvgIpc) is 2.29. The summed E-state index contributed by atoms with van der Waals surface area (Å²) in [6.45, 7) is 18.2. The number of carboxylic acids is 2. The van der Waals surface area contributed by atoms with E-state index in [9.17, 15) is 29.4 Å². The van der Waals surface area contributed by atoms with Gasteiger partial charge in [-0.05, 0) is 38.5 Å². The van der Waals surface area contributed by atoms with Crippen LogP contribution in [0.5, 0.6) is 0 Å². The monoisotopic (exact) mass is 524 g/mol. The van der Waals surface area contributed by atoms with Crippen LogP contribution in [-0.4, -0.2) is 45.9 Å². The van der Waals surface area contributed by atoms with E-state index in [1.807, 2.05) is 41.5 Å². The molecule has 0 fully saturated rings. The fraction of sp³-hybridized carbons (Fsp3) is 0.818. The minimum absolute atomic E-state index is 0. The van der Waals surface area contributed by atoms with Crippen LogP contribution in [0.3, 0.4) is 0 Å². The number of ketones is 2. The van der Waals surface area contributed by atoms with Crippen molar-refractivity contribution in [1.82, 2.24) is 0 Å². The molecule has 0 unspecified atom stereocenters. The Morgan fingerprint density at radius 2 is 0.806 bits per heavy atom. The molecule has 0 aliphatic carbocycles. The Bertz CT molecular complexity index is 449. The van der Waals surface area contributed by atoms with Crippen LogP contribution < -0.4 is 10.2 Å². The third-order valence-electron chi connectivity index (χ3n) is 2.14. The van der Waals surface area contributed by atoms with Gasteiger partial charge in [-0.1, -0.05) is 41.5 Å². The molecule has 2 N–H and O–H groups in total. The molecule has 0 saturated heterocycles. The van der Waals surface area contributed by atoms with E-state index in [-0.39, 0.29) is 60.8 Å². The molecule has 31 heavy (non-hydrogen) atoms. The Hall–Kier alpha value is -0.917. The molecular formula is C22H42O8Zr. The second-order valence-electron chi connectivity index (χ2n) is 9.84. The fourth-order valence-corrected chi connectivity index (χ4v) is 1.63. The third kappa shape index (κ3) is 73.1. The predicted octanol–water partition coefficient (Wildman–Crippen LogP) is 1.04. The van der Waals surface area contributed by atoms with E-state index < -0.39 is 24.8 Å². The molecule has 0 aliphatic heterocycles. The van der Waals surface area contributed by atoms with Gasteiger partial charge in [-0.3, -0.25) is 9.59 Å². The Labute approximate surface area is 206 Å². The van der Waals surface area contributed by atoms with Gasteiger partial charge in [-0.25, -0.2) is 0 Å². The number of carbonyl (C=O) groups is 4. The van der Waals surface area contributed by atoms with E-state index in [1.165, 1.54) is 0 Å². The first-order chi connectivity index (χ1) is 13.1. The van der Waals surface area contributed by atoms with E-state index in [2.05, 4.69) is 0 Å². The van der Waals surface area contributed by atoms with E-state index in [0.717, 1.165) is 0 Å². The summed E-state index contributed by atoms with van der Waals surface area (Å²) in [6.07, 6.45) is -0.670. The normalized spacial score (nSPS) is 10.3. The van der Waals surface area contributed by atoms with Crippen LogP contribution in [0.15, 0.2) is 0 Å². The topological polar surface area (TPSA) is 155 Å². The zero-order chi connectivity index (χ0) is 25.3. The number of Topliss-reactive ketones (excluding diaryl/α,β-unsaturated/α-hetero) is 2. The van der Waals surface area contributed by atoms with Crippen molar-refractivity contribution >= 4 is 23.5 Å². The number of hydrogen-bond acceptors (Lipinski definition) is 8. The Balaban J connectivity index is -0.000000106. The van der Waals surface area contributed by atoms with Crippen molar-refractivity contribution in [1.29, 1.82) is 0 Å². The van der Waals surface area contributed by atoms with Crippen LogP contribution in [0.4, 0.5) is 0 Å². The Morgan fingerprint density at radius 3 is 0.903 bits per heavy atom. The van der Waals surface area contributed by atoms with Crippen molar-refractivity contribution in [2.75, 3.05) is 0 Å². The van der Waals surface area contributed by atoms with Gasteiger partial charge in [0.1, 0.15) is 11.6 Å². The number of aliphatic carboxylic acids is 2. The molecule has 0 heterocycles. The van der Waals surface area contributed by atoms with E-state index in [1.54, 1.807) is 27.7 Å². The molecule has 0 aliphatic rings. The number of carbonyl (C=O) groups excluding carboxylic acids is 4. The maximum Gasteiger partial charge on any atom is 2.00 e. The number of aliphatic hydroxyl groups is 2. The second kappa shape index (κ2) is 21.0. The molecule has 0 saturated carbocycles. The Kier molecular flexibility index (Phi) is 27.3. The summed E-state index contributed by atoms with van der Waals surface area (Å²) in [4.78, 5) is 41.6. The molecular weight excluding hydrogens is 483 g/mol. The number of rotatable bonds is 6. The molecule has 182 valence electrons. The first-order valence-corrected chi connectivity index (χ1v) is 9.88. The maximum atomic E-state index is 10.8. The zero-order valence-corrected chi connectivity index (χ0v) is 23.3. The van der Waals surface area contributed by atoms with Gasteiger partial charge in [0.25, 0.3) is 0 Å². The number of hydrogen-bond donors (Lipinski definition) is 2. The minimum atomic E-state index is -1.29. The molecule has 0 radical (unpaired) electrons. The van der Waals surface area contributed by atoms with Crippen molar-refractivity contribution in [3.63, 3.8) is 0 Å². The summed E-state index contributed by atoms with van der Waals surface area (Å²) in [7, 11) is 0. The fourth-order valence-electron chi connectivity index (χ4n) is 1.63.